The highest BCUT2D eigenvalue weighted by atomic mass is 16.5. The normalized spacial score (nSPS) is 16.0. The summed E-state index contributed by atoms with van der Waals surface area (Å²) < 4.78 is 9.82. The van der Waals surface area contributed by atoms with Crippen molar-refractivity contribution in [3.8, 4) is 0 Å². The lowest BCUT2D eigenvalue weighted by Crippen LogP contribution is -2.23. The molecule has 0 saturated carbocycles. The van der Waals surface area contributed by atoms with Crippen LogP contribution >= 0.6 is 0 Å². The lowest BCUT2D eigenvalue weighted by Gasteiger charge is -2.15. The first-order valence-corrected chi connectivity index (χ1v) is 3.86. The maximum Gasteiger partial charge on any atom is 0.135 e. The number of rotatable bonds is 5. The van der Waals surface area contributed by atoms with Gasteiger partial charge in [-0.3, -0.25) is 4.79 Å². The summed E-state index contributed by atoms with van der Waals surface area (Å²) in [7, 11) is 3.13. The van der Waals surface area contributed by atoms with E-state index in [0.29, 0.717) is 0 Å². The maximum absolute atomic E-state index is 11.0. The summed E-state index contributed by atoms with van der Waals surface area (Å²) in [4.78, 5) is 11.0. The van der Waals surface area contributed by atoms with Crippen LogP contribution in [0.15, 0.2) is 12.3 Å². The highest BCUT2D eigenvalue weighted by molar-refractivity contribution is 5.78. The van der Waals surface area contributed by atoms with Crippen molar-refractivity contribution in [1.29, 1.82) is 0 Å². The van der Waals surface area contributed by atoms with E-state index in [0.717, 1.165) is 0 Å². The molecule has 0 aliphatic heterocycles. The summed E-state index contributed by atoms with van der Waals surface area (Å²) in [6, 6.07) is 0. The van der Waals surface area contributed by atoms with Gasteiger partial charge in [0.05, 0.1) is 19.5 Å². The van der Waals surface area contributed by atoms with Gasteiger partial charge >= 0.3 is 0 Å². The third-order valence-electron chi connectivity index (χ3n) is 1.81. The van der Waals surface area contributed by atoms with Gasteiger partial charge in [0.2, 0.25) is 0 Å². The van der Waals surface area contributed by atoms with Crippen LogP contribution in [0.2, 0.25) is 0 Å². The second-order valence-electron chi connectivity index (χ2n) is 2.66. The third-order valence-corrected chi connectivity index (χ3v) is 1.81. The Morgan fingerprint density at radius 3 is 2.33 bits per heavy atom. The fraction of sp³-hybridized carbons (Fsp3) is 0.667. The molecule has 3 heteroatoms. The van der Waals surface area contributed by atoms with Crippen molar-refractivity contribution in [2.24, 2.45) is 5.92 Å². The number of carbonyl (C=O) groups is 1. The Labute approximate surface area is 73.4 Å². The van der Waals surface area contributed by atoms with Gasteiger partial charge in [-0.05, 0) is 13.0 Å². The highest BCUT2D eigenvalue weighted by Gasteiger charge is 2.17. The number of hydrogen-bond donors (Lipinski definition) is 0. The van der Waals surface area contributed by atoms with Gasteiger partial charge < -0.3 is 9.47 Å². The summed E-state index contributed by atoms with van der Waals surface area (Å²) in [6.45, 7) is 3.38. The third kappa shape index (κ3) is 3.53. The Kier molecular flexibility index (Phi) is 5.37. The van der Waals surface area contributed by atoms with E-state index in [9.17, 15) is 4.79 Å². The number of ketones is 1. The summed E-state index contributed by atoms with van der Waals surface area (Å²) >= 11 is 0. The molecule has 0 rings (SSSR count). The van der Waals surface area contributed by atoms with Crippen LogP contribution in [0.3, 0.4) is 0 Å². The minimum absolute atomic E-state index is 0.114. The van der Waals surface area contributed by atoms with Gasteiger partial charge in [-0.25, -0.2) is 0 Å². The van der Waals surface area contributed by atoms with Crippen molar-refractivity contribution in [3.63, 3.8) is 0 Å². The van der Waals surface area contributed by atoms with Crippen LogP contribution in [0.25, 0.3) is 0 Å². The van der Waals surface area contributed by atoms with E-state index in [-0.39, 0.29) is 17.8 Å². The SMILES string of the molecule is CO/C=C/C(OC)C(C)C(C)=O. The molecule has 0 fully saturated rings. The van der Waals surface area contributed by atoms with Gasteiger partial charge in [-0.2, -0.15) is 0 Å². The topological polar surface area (TPSA) is 35.5 Å². The zero-order chi connectivity index (χ0) is 9.56. The standard InChI is InChI=1S/C9H16O3/c1-7(8(2)10)9(12-4)5-6-11-3/h5-7,9H,1-4H3/b6-5+. The number of Topliss-reactive ketones (excluding diaryl/α,β-unsaturated/α-hetero) is 1. The number of methoxy groups -OCH3 is 2. The molecule has 0 amide bonds. The first-order valence-electron chi connectivity index (χ1n) is 3.86. The largest absolute Gasteiger partial charge is 0.505 e. The van der Waals surface area contributed by atoms with Crippen LogP contribution < -0.4 is 0 Å². The van der Waals surface area contributed by atoms with E-state index in [1.165, 1.54) is 6.26 Å². The summed E-state index contributed by atoms with van der Waals surface area (Å²) in [5.41, 5.74) is 0. The van der Waals surface area contributed by atoms with Crippen molar-refractivity contribution in [1.82, 2.24) is 0 Å². The maximum atomic E-state index is 11.0. The van der Waals surface area contributed by atoms with E-state index < -0.39 is 0 Å². The lowest BCUT2D eigenvalue weighted by molar-refractivity contribution is -0.123. The van der Waals surface area contributed by atoms with Crippen LogP contribution in [0.4, 0.5) is 0 Å². The Balaban J connectivity index is 4.14. The quantitative estimate of drug-likeness (QED) is 0.588. The van der Waals surface area contributed by atoms with Gasteiger partial charge in [0.15, 0.2) is 0 Å². The van der Waals surface area contributed by atoms with Crippen LogP contribution in [-0.2, 0) is 14.3 Å². The average molecular weight is 172 g/mol. The van der Waals surface area contributed by atoms with Crippen molar-refractivity contribution in [2.45, 2.75) is 20.0 Å². The van der Waals surface area contributed by atoms with Gasteiger partial charge in [0.1, 0.15) is 5.78 Å². The molecule has 0 saturated heterocycles. The predicted molar refractivity (Wildman–Crippen MR) is 46.8 cm³/mol. The van der Waals surface area contributed by atoms with Crippen LogP contribution in [0.1, 0.15) is 13.8 Å². The molecule has 70 valence electrons. The van der Waals surface area contributed by atoms with Crippen LogP contribution in [0, 0.1) is 5.92 Å². The van der Waals surface area contributed by atoms with E-state index in [4.69, 9.17) is 9.47 Å². The van der Waals surface area contributed by atoms with Gasteiger partial charge in [0, 0.05) is 13.0 Å². The molecule has 2 unspecified atom stereocenters. The van der Waals surface area contributed by atoms with E-state index >= 15 is 0 Å². The first-order chi connectivity index (χ1) is 5.63. The molecule has 0 aromatic rings. The van der Waals surface area contributed by atoms with Gasteiger partial charge in [0.25, 0.3) is 0 Å². The molecule has 0 aliphatic rings. The molecule has 0 bridgehead atoms. The second kappa shape index (κ2) is 5.77. The molecule has 0 aromatic carbocycles. The minimum atomic E-state index is -0.192. The van der Waals surface area contributed by atoms with Crippen LogP contribution in [-0.4, -0.2) is 26.1 Å². The molecular weight excluding hydrogens is 156 g/mol. The molecule has 2 atom stereocenters. The summed E-state index contributed by atoms with van der Waals surface area (Å²) in [6.07, 6.45) is 3.06. The van der Waals surface area contributed by atoms with Gasteiger partial charge in [-0.15, -0.1) is 0 Å². The molecule has 0 radical (unpaired) electrons. The van der Waals surface area contributed by atoms with E-state index in [1.807, 2.05) is 6.92 Å². The lowest BCUT2D eigenvalue weighted by atomic mass is 10.0. The molecular formula is C9H16O3. The van der Waals surface area contributed by atoms with E-state index in [1.54, 1.807) is 27.2 Å². The molecule has 0 heterocycles. The Morgan fingerprint density at radius 1 is 1.42 bits per heavy atom. The second-order valence-corrected chi connectivity index (χ2v) is 2.66. The number of ether oxygens (including phenoxy) is 2. The molecule has 0 N–H and O–H groups in total. The van der Waals surface area contributed by atoms with Crippen molar-refractivity contribution < 1.29 is 14.3 Å². The smallest absolute Gasteiger partial charge is 0.135 e. The predicted octanol–water partition coefficient (Wildman–Crippen LogP) is 1.39. The Bertz CT molecular complexity index is 163. The molecule has 0 aliphatic carbocycles. The average Bonchev–Trinajstić information content (AvgIpc) is 2.05. The molecule has 3 nitrogen and oxygen atoms in total. The zero-order valence-corrected chi connectivity index (χ0v) is 8.03. The van der Waals surface area contributed by atoms with Gasteiger partial charge in [-0.1, -0.05) is 6.92 Å². The van der Waals surface area contributed by atoms with Crippen molar-refractivity contribution >= 4 is 5.78 Å². The Hall–Kier alpha value is -0.830. The number of carbonyl (C=O) groups excluding carboxylic acids is 1. The zero-order valence-electron chi connectivity index (χ0n) is 8.03. The van der Waals surface area contributed by atoms with Crippen LogP contribution in [0.5, 0.6) is 0 Å². The molecule has 0 aromatic heterocycles. The van der Waals surface area contributed by atoms with Crippen molar-refractivity contribution in [2.75, 3.05) is 14.2 Å². The summed E-state index contributed by atoms with van der Waals surface area (Å²) in [5.74, 6) is -0.0102. The first kappa shape index (κ1) is 11.2. The number of hydrogen-bond acceptors (Lipinski definition) is 3. The Morgan fingerprint density at radius 2 is 2.00 bits per heavy atom. The molecule has 12 heavy (non-hydrogen) atoms. The fourth-order valence-electron chi connectivity index (χ4n) is 0.837. The molecule has 0 spiro atoms. The van der Waals surface area contributed by atoms with Crippen molar-refractivity contribution in [3.05, 3.63) is 12.3 Å². The van der Waals surface area contributed by atoms with E-state index in [2.05, 4.69) is 0 Å². The highest BCUT2D eigenvalue weighted by Crippen LogP contribution is 2.09. The minimum Gasteiger partial charge on any atom is -0.505 e. The fourth-order valence-corrected chi connectivity index (χ4v) is 0.837. The monoisotopic (exact) mass is 172 g/mol. The summed E-state index contributed by atoms with van der Waals surface area (Å²) in [5, 5.41) is 0.